The highest BCUT2D eigenvalue weighted by atomic mass is 16.5. The third kappa shape index (κ3) is 2.89. The summed E-state index contributed by atoms with van der Waals surface area (Å²) in [6.45, 7) is 0. The molecule has 0 aliphatic rings. The van der Waals surface area contributed by atoms with Crippen LogP contribution in [0.25, 0.3) is 10.9 Å². The van der Waals surface area contributed by atoms with Crippen LogP contribution in [-0.4, -0.2) is 19.2 Å². The van der Waals surface area contributed by atoms with Crippen LogP contribution >= 0.6 is 0 Å². The van der Waals surface area contributed by atoms with Gasteiger partial charge < -0.3 is 14.8 Å². The highest BCUT2D eigenvalue weighted by molar-refractivity contribution is 5.82. The molecule has 21 heavy (non-hydrogen) atoms. The number of anilines is 2. The van der Waals surface area contributed by atoms with Gasteiger partial charge in [-0.2, -0.15) is 0 Å². The minimum Gasteiger partial charge on any atom is -0.497 e. The van der Waals surface area contributed by atoms with Gasteiger partial charge in [-0.15, -0.1) is 0 Å². The second kappa shape index (κ2) is 5.71. The van der Waals surface area contributed by atoms with E-state index in [4.69, 9.17) is 9.47 Å². The normalized spacial score (nSPS) is 10.4. The molecule has 0 unspecified atom stereocenters. The molecule has 1 heterocycles. The summed E-state index contributed by atoms with van der Waals surface area (Å²) in [5.41, 5.74) is 2.79. The molecule has 0 amide bonds. The van der Waals surface area contributed by atoms with Crippen molar-refractivity contribution in [1.29, 1.82) is 0 Å². The second-order valence-electron chi connectivity index (χ2n) is 4.64. The number of hydrogen-bond donors (Lipinski definition) is 1. The molecule has 1 aromatic heterocycles. The zero-order chi connectivity index (χ0) is 14.7. The lowest BCUT2D eigenvalue weighted by Crippen LogP contribution is -1.94. The fourth-order valence-corrected chi connectivity index (χ4v) is 2.19. The number of methoxy groups -OCH3 is 2. The van der Waals surface area contributed by atoms with Crippen molar-refractivity contribution in [1.82, 2.24) is 4.98 Å². The molecule has 0 spiro atoms. The molecule has 4 heteroatoms. The van der Waals surface area contributed by atoms with Gasteiger partial charge in [-0.25, -0.2) is 0 Å². The lowest BCUT2D eigenvalue weighted by Gasteiger charge is -2.11. The molecule has 0 fully saturated rings. The van der Waals surface area contributed by atoms with Crippen LogP contribution < -0.4 is 14.8 Å². The van der Waals surface area contributed by atoms with Crippen molar-refractivity contribution in [3.63, 3.8) is 0 Å². The van der Waals surface area contributed by atoms with Gasteiger partial charge in [0.05, 0.1) is 31.6 Å². The lowest BCUT2D eigenvalue weighted by molar-refractivity contribution is 0.395. The number of rotatable bonds is 4. The number of para-hydroxylation sites is 1. The fraction of sp³-hybridized carbons (Fsp3) is 0.118. The number of nitrogens with one attached hydrogen (secondary N) is 1. The summed E-state index contributed by atoms with van der Waals surface area (Å²) in [7, 11) is 3.27. The molecule has 0 bridgehead atoms. The van der Waals surface area contributed by atoms with Gasteiger partial charge in [-0.3, -0.25) is 4.98 Å². The molecular weight excluding hydrogens is 264 g/mol. The fourth-order valence-electron chi connectivity index (χ4n) is 2.19. The van der Waals surface area contributed by atoms with Gasteiger partial charge in [0.15, 0.2) is 0 Å². The smallest absolute Gasteiger partial charge is 0.124 e. The van der Waals surface area contributed by atoms with Crippen molar-refractivity contribution in [2.45, 2.75) is 0 Å². The van der Waals surface area contributed by atoms with E-state index in [-0.39, 0.29) is 0 Å². The second-order valence-corrected chi connectivity index (χ2v) is 4.64. The Balaban J connectivity index is 1.94. The van der Waals surface area contributed by atoms with E-state index in [1.807, 2.05) is 48.7 Å². The molecular formula is C17H16N2O2. The number of benzene rings is 2. The largest absolute Gasteiger partial charge is 0.497 e. The van der Waals surface area contributed by atoms with Crippen molar-refractivity contribution >= 4 is 22.3 Å². The van der Waals surface area contributed by atoms with Crippen molar-refractivity contribution in [2.75, 3.05) is 19.5 Å². The summed E-state index contributed by atoms with van der Waals surface area (Å²) in [4.78, 5) is 4.44. The molecule has 0 atom stereocenters. The van der Waals surface area contributed by atoms with Crippen molar-refractivity contribution in [3.05, 3.63) is 54.7 Å². The summed E-state index contributed by atoms with van der Waals surface area (Å²) < 4.78 is 10.5. The van der Waals surface area contributed by atoms with Gasteiger partial charge in [0.25, 0.3) is 0 Å². The maximum atomic E-state index is 5.27. The highest BCUT2D eigenvalue weighted by Crippen LogP contribution is 2.28. The maximum Gasteiger partial charge on any atom is 0.124 e. The van der Waals surface area contributed by atoms with Crippen LogP contribution in [0, 0.1) is 0 Å². The van der Waals surface area contributed by atoms with Crippen LogP contribution in [0.2, 0.25) is 0 Å². The first-order chi connectivity index (χ1) is 10.3. The molecule has 0 saturated carbocycles. The molecule has 3 aromatic rings. The highest BCUT2D eigenvalue weighted by Gasteiger charge is 2.03. The first kappa shape index (κ1) is 13.2. The Hall–Kier alpha value is -2.75. The third-order valence-corrected chi connectivity index (χ3v) is 3.23. The molecule has 3 rings (SSSR count). The standard InChI is InChI=1S/C17H16N2O2/c1-20-15-8-13(9-16(10-15)21-2)19-14-7-12-5-3-4-6-17(12)18-11-14/h3-11,19H,1-2H3. The summed E-state index contributed by atoms with van der Waals surface area (Å²) in [6, 6.07) is 15.7. The van der Waals surface area contributed by atoms with Crippen LogP contribution in [-0.2, 0) is 0 Å². The van der Waals surface area contributed by atoms with E-state index in [1.165, 1.54) is 0 Å². The number of pyridine rings is 1. The molecule has 0 aliphatic heterocycles. The molecule has 4 nitrogen and oxygen atoms in total. The summed E-state index contributed by atoms with van der Waals surface area (Å²) in [5, 5.41) is 4.42. The number of ether oxygens (including phenoxy) is 2. The lowest BCUT2D eigenvalue weighted by atomic mass is 10.2. The van der Waals surface area contributed by atoms with E-state index < -0.39 is 0 Å². The summed E-state index contributed by atoms with van der Waals surface area (Å²) in [6.07, 6.45) is 1.81. The van der Waals surface area contributed by atoms with Crippen LogP contribution in [0.5, 0.6) is 11.5 Å². The minimum absolute atomic E-state index is 0.741. The van der Waals surface area contributed by atoms with Gasteiger partial charge >= 0.3 is 0 Å². The van der Waals surface area contributed by atoms with Crippen molar-refractivity contribution in [2.24, 2.45) is 0 Å². The van der Waals surface area contributed by atoms with E-state index >= 15 is 0 Å². The Labute approximate surface area is 123 Å². The van der Waals surface area contributed by atoms with Gasteiger partial charge in [-0.1, -0.05) is 18.2 Å². The van der Waals surface area contributed by atoms with Crippen molar-refractivity contribution < 1.29 is 9.47 Å². The van der Waals surface area contributed by atoms with Crippen LogP contribution in [0.15, 0.2) is 54.7 Å². The zero-order valence-electron chi connectivity index (χ0n) is 12.0. The maximum absolute atomic E-state index is 5.27. The number of aromatic nitrogens is 1. The van der Waals surface area contributed by atoms with E-state index in [0.29, 0.717) is 0 Å². The van der Waals surface area contributed by atoms with Crippen LogP contribution in [0.1, 0.15) is 0 Å². The average molecular weight is 280 g/mol. The van der Waals surface area contributed by atoms with Crippen LogP contribution in [0.3, 0.4) is 0 Å². The van der Waals surface area contributed by atoms with E-state index in [2.05, 4.69) is 16.4 Å². The molecule has 0 aliphatic carbocycles. The summed E-state index contributed by atoms with van der Waals surface area (Å²) in [5.74, 6) is 1.48. The Kier molecular flexibility index (Phi) is 3.60. The summed E-state index contributed by atoms with van der Waals surface area (Å²) >= 11 is 0. The molecule has 1 N–H and O–H groups in total. The topological polar surface area (TPSA) is 43.4 Å². The number of nitrogens with zero attached hydrogens (tertiary/aromatic N) is 1. The average Bonchev–Trinajstić information content (AvgIpc) is 2.54. The predicted molar refractivity (Wildman–Crippen MR) is 84.6 cm³/mol. The molecule has 2 aromatic carbocycles. The first-order valence-corrected chi connectivity index (χ1v) is 6.63. The Morgan fingerprint density at radius 1 is 0.857 bits per heavy atom. The van der Waals surface area contributed by atoms with Gasteiger partial charge in [-0.05, 0) is 12.1 Å². The zero-order valence-corrected chi connectivity index (χ0v) is 12.0. The Morgan fingerprint density at radius 3 is 2.29 bits per heavy atom. The quantitative estimate of drug-likeness (QED) is 0.784. The first-order valence-electron chi connectivity index (χ1n) is 6.63. The minimum atomic E-state index is 0.741. The number of fused-ring (bicyclic) bond motifs is 1. The molecule has 106 valence electrons. The van der Waals surface area contributed by atoms with E-state index in [9.17, 15) is 0 Å². The van der Waals surface area contributed by atoms with E-state index in [0.717, 1.165) is 33.8 Å². The third-order valence-electron chi connectivity index (χ3n) is 3.23. The van der Waals surface area contributed by atoms with Gasteiger partial charge in [0.2, 0.25) is 0 Å². The van der Waals surface area contributed by atoms with Crippen LogP contribution in [0.4, 0.5) is 11.4 Å². The van der Waals surface area contributed by atoms with Gasteiger partial charge in [0.1, 0.15) is 11.5 Å². The SMILES string of the molecule is COc1cc(Nc2cnc3ccccc3c2)cc(OC)c1. The number of hydrogen-bond acceptors (Lipinski definition) is 4. The predicted octanol–water partition coefficient (Wildman–Crippen LogP) is 4.00. The van der Waals surface area contributed by atoms with Crippen molar-refractivity contribution in [3.8, 4) is 11.5 Å². The Bertz CT molecular complexity index is 749. The monoisotopic (exact) mass is 280 g/mol. The molecule has 0 radical (unpaired) electrons. The Morgan fingerprint density at radius 2 is 1.57 bits per heavy atom. The molecule has 0 saturated heterocycles. The van der Waals surface area contributed by atoms with Gasteiger partial charge in [0, 0.05) is 29.3 Å². The van der Waals surface area contributed by atoms with E-state index in [1.54, 1.807) is 14.2 Å².